The van der Waals surface area contributed by atoms with Gasteiger partial charge in [0, 0.05) is 19.6 Å². The lowest BCUT2D eigenvalue weighted by Gasteiger charge is -2.32. The lowest BCUT2D eigenvalue weighted by molar-refractivity contribution is 0.142. The summed E-state index contributed by atoms with van der Waals surface area (Å²) in [6.07, 6.45) is 4.49. The molecule has 30 heavy (non-hydrogen) atoms. The molecule has 4 rings (SSSR count). The maximum Gasteiger partial charge on any atom is 0.188 e. The van der Waals surface area contributed by atoms with Gasteiger partial charge < -0.3 is 20.3 Å². The van der Waals surface area contributed by atoms with E-state index in [2.05, 4.69) is 53.4 Å². The van der Waals surface area contributed by atoms with Gasteiger partial charge in [0.1, 0.15) is 5.75 Å². The summed E-state index contributed by atoms with van der Waals surface area (Å²) < 4.78 is 6.15. The highest BCUT2D eigenvalue weighted by atomic mass is 35.5. The minimum Gasteiger partial charge on any atom is -0.493 e. The summed E-state index contributed by atoms with van der Waals surface area (Å²) in [7, 11) is 0. The van der Waals surface area contributed by atoms with Crippen molar-refractivity contribution in [2.24, 2.45) is 11.7 Å². The number of piperidine rings is 1. The summed E-state index contributed by atoms with van der Waals surface area (Å²) in [5.41, 5.74) is 9.67. The van der Waals surface area contributed by atoms with Gasteiger partial charge in [0.15, 0.2) is 5.96 Å². The maximum atomic E-state index is 7.66. The summed E-state index contributed by atoms with van der Waals surface area (Å²) in [4.78, 5) is 4.50. The molecule has 0 amide bonds. The van der Waals surface area contributed by atoms with Crippen LogP contribution in [0.15, 0.2) is 48.5 Å². The number of halogens is 1. The van der Waals surface area contributed by atoms with Gasteiger partial charge >= 0.3 is 0 Å². The molecule has 3 N–H and O–H groups in total. The van der Waals surface area contributed by atoms with E-state index in [9.17, 15) is 0 Å². The van der Waals surface area contributed by atoms with Gasteiger partial charge in [-0.15, -0.1) is 12.4 Å². The molecule has 1 saturated heterocycles. The predicted octanol–water partition coefficient (Wildman–Crippen LogP) is 3.69. The van der Waals surface area contributed by atoms with E-state index < -0.39 is 0 Å². The fourth-order valence-electron chi connectivity index (χ4n) is 4.35. The van der Waals surface area contributed by atoms with Crippen LogP contribution >= 0.6 is 12.4 Å². The van der Waals surface area contributed by atoms with E-state index in [4.69, 9.17) is 15.9 Å². The zero-order chi connectivity index (χ0) is 20.1. The smallest absolute Gasteiger partial charge is 0.188 e. The molecule has 162 valence electrons. The number of ether oxygens (including phenoxy) is 1. The number of fused-ring (bicyclic) bond motifs is 1. The van der Waals surface area contributed by atoms with Crippen molar-refractivity contribution in [2.45, 2.75) is 32.2 Å². The van der Waals surface area contributed by atoms with Gasteiger partial charge in [0.2, 0.25) is 0 Å². The second-order valence-electron chi connectivity index (χ2n) is 8.32. The minimum absolute atomic E-state index is 0. The molecule has 0 atom stereocenters. The van der Waals surface area contributed by atoms with Crippen LogP contribution in [0.3, 0.4) is 0 Å². The molecule has 2 aliphatic rings. The Bertz CT molecular complexity index is 821. The lowest BCUT2D eigenvalue weighted by Crippen LogP contribution is -2.40. The van der Waals surface area contributed by atoms with Crippen molar-refractivity contribution in [3.8, 4) is 5.75 Å². The normalized spacial score (nSPS) is 17.1. The molecule has 0 saturated carbocycles. The maximum absolute atomic E-state index is 7.66. The van der Waals surface area contributed by atoms with Gasteiger partial charge in [-0.25, -0.2) is 0 Å². The first kappa shape index (κ1) is 22.4. The third-order valence-electron chi connectivity index (χ3n) is 6.28. The van der Waals surface area contributed by atoms with Gasteiger partial charge in [0.25, 0.3) is 0 Å². The highest BCUT2D eigenvalue weighted by Crippen LogP contribution is 2.25. The topological polar surface area (TPSA) is 65.6 Å². The second-order valence-corrected chi connectivity index (χ2v) is 8.32. The molecule has 0 spiro atoms. The number of hydrogen-bond acceptors (Lipinski definition) is 3. The Balaban J connectivity index is 0.00000256. The van der Waals surface area contributed by atoms with Crippen LogP contribution in [-0.2, 0) is 19.4 Å². The van der Waals surface area contributed by atoms with Crippen molar-refractivity contribution in [3.63, 3.8) is 0 Å². The minimum atomic E-state index is 0. The first-order chi connectivity index (χ1) is 14.2. The molecular formula is C24H33ClN4O. The molecule has 0 aliphatic carbocycles. The molecule has 2 aliphatic heterocycles. The van der Waals surface area contributed by atoms with Crippen LogP contribution in [0.2, 0.25) is 0 Å². The third-order valence-corrected chi connectivity index (χ3v) is 6.28. The van der Waals surface area contributed by atoms with Crippen molar-refractivity contribution < 1.29 is 4.74 Å². The molecule has 5 nitrogen and oxygen atoms in total. The Morgan fingerprint density at radius 1 is 1.03 bits per heavy atom. The van der Waals surface area contributed by atoms with Gasteiger partial charge in [-0.05, 0) is 73.5 Å². The molecule has 2 heterocycles. The molecule has 2 aromatic rings. The van der Waals surface area contributed by atoms with Gasteiger partial charge in [-0.3, -0.25) is 5.41 Å². The number of benzene rings is 2. The van der Waals surface area contributed by atoms with E-state index in [1.165, 1.54) is 42.6 Å². The zero-order valence-corrected chi connectivity index (χ0v) is 18.4. The number of guanidine groups is 1. The Kier molecular flexibility index (Phi) is 8.00. The van der Waals surface area contributed by atoms with Gasteiger partial charge in [0.05, 0.1) is 6.61 Å². The summed E-state index contributed by atoms with van der Waals surface area (Å²) >= 11 is 0. The van der Waals surface area contributed by atoms with Crippen LogP contribution < -0.4 is 10.5 Å². The number of nitrogens with two attached hydrogens (primary N) is 1. The van der Waals surface area contributed by atoms with Crippen LogP contribution in [0.25, 0.3) is 0 Å². The van der Waals surface area contributed by atoms with E-state index in [-0.39, 0.29) is 18.4 Å². The lowest BCUT2D eigenvalue weighted by atomic mass is 9.97. The zero-order valence-electron chi connectivity index (χ0n) is 17.6. The van der Waals surface area contributed by atoms with Crippen molar-refractivity contribution in [2.75, 3.05) is 32.8 Å². The molecule has 6 heteroatoms. The standard InChI is InChI=1S/C24H32N4O.ClH/c25-24(26)28-15-11-21-6-7-23(16-22(21)17-28)29-18-20-9-13-27(14-10-20)12-8-19-4-2-1-3-5-19;/h1-7,16,20H,8-15,17-18H2,(H3,25,26);1H. The summed E-state index contributed by atoms with van der Waals surface area (Å²) in [5, 5.41) is 7.66. The monoisotopic (exact) mass is 428 g/mol. The van der Waals surface area contributed by atoms with Crippen LogP contribution in [0.4, 0.5) is 0 Å². The average molecular weight is 429 g/mol. The molecule has 0 unspecified atom stereocenters. The summed E-state index contributed by atoms with van der Waals surface area (Å²) in [5.74, 6) is 1.73. The van der Waals surface area contributed by atoms with Crippen molar-refractivity contribution in [3.05, 3.63) is 65.2 Å². The Morgan fingerprint density at radius 2 is 1.80 bits per heavy atom. The fraction of sp³-hybridized carbons (Fsp3) is 0.458. The molecule has 0 aromatic heterocycles. The highest BCUT2D eigenvalue weighted by molar-refractivity contribution is 5.85. The second kappa shape index (κ2) is 10.7. The molecule has 1 fully saturated rings. The Morgan fingerprint density at radius 3 is 2.53 bits per heavy atom. The summed E-state index contributed by atoms with van der Waals surface area (Å²) in [6, 6.07) is 17.2. The third kappa shape index (κ3) is 5.89. The largest absolute Gasteiger partial charge is 0.493 e. The van der Waals surface area contributed by atoms with E-state index in [0.29, 0.717) is 12.5 Å². The number of hydrogen-bond donors (Lipinski definition) is 2. The van der Waals surface area contributed by atoms with Crippen LogP contribution in [0.1, 0.15) is 29.5 Å². The molecule has 0 radical (unpaired) electrons. The first-order valence-corrected chi connectivity index (χ1v) is 10.8. The van der Waals surface area contributed by atoms with E-state index in [1.54, 1.807) is 0 Å². The van der Waals surface area contributed by atoms with Gasteiger partial charge in [-0.1, -0.05) is 36.4 Å². The van der Waals surface area contributed by atoms with Crippen LogP contribution in [0.5, 0.6) is 5.75 Å². The quantitative estimate of drug-likeness (QED) is 0.544. The number of likely N-dealkylation sites (tertiary alicyclic amines) is 1. The van der Waals surface area contributed by atoms with Gasteiger partial charge in [-0.2, -0.15) is 0 Å². The van der Waals surface area contributed by atoms with E-state index in [0.717, 1.165) is 38.3 Å². The van der Waals surface area contributed by atoms with Crippen LogP contribution in [-0.4, -0.2) is 48.5 Å². The highest BCUT2D eigenvalue weighted by Gasteiger charge is 2.21. The Labute approximate surface area is 186 Å². The van der Waals surface area contributed by atoms with E-state index >= 15 is 0 Å². The Hall–Kier alpha value is -2.24. The number of rotatable bonds is 6. The first-order valence-electron chi connectivity index (χ1n) is 10.8. The molecule has 0 bridgehead atoms. The SMILES string of the molecule is Cl.N=C(N)N1CCc2ccc(OCC3CCN(CCc4ccccc4)CC3)cc2C1. The van der Waals surface area contributed by atoms with Crippen LogP contribution in [0, 0.1) is 11.3 Å². The predicted molar refractivity (Wildman–Crippen MR) is 125 cm³/mol. The van der Waals surface area contributed by atoms with Crippen molar-refractivity contribution in [1.82, 2.24) is 9.80 Å². The number of nitrogens with one attached hydrogen (secondary N) is 1. The molecular weight excluding hydrogens is 396 g/mol. The van der Waals surface area contributed by atoms with Crippen molar-refractivity contribution in [1.29, 1.82) is 5.41 Å². The fourth-order valence-corrected chi connectivity index (χ4v) is 4.35. The number of nitrogens with zero attached hydrogens (tertiary/aromatic N) is 2. The van der Waals surface area contributed by atoms with E-state index in [1.807, 2.05) is 4.90 Å². The summed E-state index contributed by atoms with van der Waals surface area (Å²) in [6.45, 7) is 5.81. The molecule has 2 aromatic carbocycles. The average Bonchev–Trinajstić information content (AvgIpc) is 2.77. The van der Waals surface area contributed by atoms with Crippen molar-refractivity contribution >= 4 is 18.4 Å².